The SMILES string of the molecule is CC(NC(=O)C(C)(C)CN)c1cc(F)ccc1N1CCN(C)CC1.Cl.Cl.Cl. The third kappa shape index (κ3) is 7.27. The summed E-state index contributed by atoms with van der Waals surface area (Å²) in [4.78, 5) is 16.9. The molecule has 1 unspecified atom stereocenters. The Labute approximate surface area is 180 Å². The molecule has 1 aromatic rings. The van der Waals surface area contributed by atoms with Crippen LogP contribution < -0.4 is 16.0 Å². The zero-order chi connectivity index (χ0) is 17.9. The maximum Gasteiger partial charge on any atom is 0.227 e. The number of nitrogens with two attached hydrogens (primary N) is 1. The van der Waals surface area contributed by atoms with Gasteiger partial charge in [-0.2, -0.15) is 0 Å². The van der Waals surface area contributed by atoms with E-state index >= 15 is 0 Å². The summed E-state index contributed by atoms with van der Waals surface area (Å²) in [5.74, 6) is -0.409. The van der Waals surface area contributed by atoms with Crippen LogP contribution in [0.4, 0.5) is 10.1 Å². The maximum atomic E-state index is 13.8. The third-order valence-electron chi connectivity index (χ3n) is 4.77. The number of rotatable bonds is 5. The van der Waals surface area contributed by atoms with E-state index in [1.54, 1.807) is 0 Å². The molecule has 1 amide bonds. The minimum atomic E-state index is -0.643. The first-order valence-electron chi connectivity index (χ1n) is 8.48. The van der Waals surface area contributed by atoms with Gasteiger partial charge in [0.15, 0.2) is 0 Å². The summed E-state index contributed by atoms with van der Waals surface area (Å²) in [6, 6.07) is 4.53. The number of hydrogen-bond acceptors (Lipinski definition) is 4. The van der Waals surface area contributed by atoms with Gasteiger partial charge < -0.3 is 20.9 Å². The number of likely N-dealkylation sites (N-methyl/N-ethyl adjacent to an activating group) is 1. The van der Waals surface area contributed by atoms with E-state index in [-0.39, 0.29) is 61.5 Å². The number of carbonyl (C=O) groups is 1. The van der Waals surface area contributed by atoms with Crippen molar-refractivity contribution in [2.45, 2.75) is 26.8 Å². The second-order valence-electron chi connectivity index (χ2n) is 7.28. The minimum Gasteiger partial charge on any atom is -0.369 e. The standard InChI is InChI=1S/C18H29FN4O.3ClH/c1-13(21-17(24)18(2,3)12-20)15-11-14(19)5-6-16(15)23-9-7-22(4)8-10-23;;;/h5-6,11,13H,7-10,12,20H2,1-4H3,(H,21,24);3*1H. The Hall–Kier alpha value is -0.790. The highest BCUT2D eigenvalue weighted by atomic mass is 35.5. The van der Waals surface area contributed by atoms with Gasteiger partial charge in [0, 0.05) is 44.0 Å². The summed E-state index contributed by atoms with van der Waals surface area (Å²) in [7, 11) is 2.10. The van der Waals surface area contributed by atoms with Crippen LogP contribution in [0.15, 0.2) is 18.2 Å². The van der Waals surface area contributed by atoms with Crippen LogP contribution in [-0.4, -0.2) is 50.6 Å². The summed E-state index contributed by atoms with van der Waals surface area (Å²) in [6.07, 6.45) is 0. The van der Waals surface area contributed by atoms with Gasteiger partial charge in [-0.15, -0.1) is 37.2 Å². The van der Waals surface area contributed by atoms with Gasteiger partial charge >= 0.3 is 0 Å². The fourth-order valence-corrected chi connectivity index (χ4v) is 2.77. The van der Waals surface area contributed by atoms with Gasteiger partial charge in [0.05, 0.1) is 11.5 Å². The maximum absolute atomic E-state index is 13.8. The van der Waals surface area contributed by atoms with Crippen molar-refractivity contribution >= 4 is 48.8 Å². The normalized spacial score (nSPS) is 15.7. The van der Waals surface area contributed by atoms with Crippen LogP contribution in [0.2, 0.25) is 0 Å². The molecule has 9 heteroatoms. The van der Waals surface area contributed by atoms with Crippen LogP contribution in [0, 0.1) is 11.2 Å². The molecule has 0 aromatic heterocycles. The van der Waals surface area contributed by atoms with Crippen molar-refractivity contribution in [2.24, 2.45) is 11.1 Å². The molecule has 5 nitrogen and oxygen atoms in total. The van der Waals surface area contributed by atoms with E-state index in [4.69, 9.17) is 5.73 Å². The molecule has 1 atom stereocenters. The Morgan fingerprint density at radius 2 is 1.78 bits per heavy atom. The number of benzene rings is 1. The van der Waals surface area contributed by atoms with Crippen LogP contribution in [0.3, 0.4) is 0 Å². The van der Waals surface area contributed by atoms with Crippen molar-refractivity contribution < 1.29 is 9.18 Å². The largest absolute Gasteiger partial charge is 0.369 e. The second-order valence-corrected chi connectivity index (χ2v) is 7.28. The van der Waals surface area contributed by atoms with Crippen LogP contribution in [0.25, 0.3) is 0 Å². The van der Waals surface area contributed by atoms with E-state index in [0.29, 0.717) is 0 Å². The van der Waals surface area contributed by atoms with Crippen LogP contribution in [0.5, 0.6) is 0 Å². The number of amides is 1. The highest BCUT2D eigenvalue weighted by Gasteiger charge is 2.28. The molecular weight excluding hydrogens is 414 g/mol. The summed E-state index contributed by atoms with van der Waals surface area (Å²) >= 11 is 0. The Bertz CT molecular complexity index is 596. The molecule has 1 aliphatic heterocycles. The number of carbonyl (C=O) groups excluding carboxylic acids is 1. The number of nitrogens with one attached hydrogen (secondary N) is 1. The molecule has 0 spiro atoms. The summed E-state index contributed by atoms with van der Waals surface area (Å²) in [5.41, 5.74) is 6.82. The highest BCUT2D eigenvalue weighted by Crippen LogP contribution is 2.29. The lowest BCUT2D eigenvalue weighted by molar-refractivity contribution is -0.129. The molecule has 0 radical (unpaired) electrons. The summed E-state index contributed by atoms with van der Waals surface area (Å²) in [6.45, 7) is 9.49. The zero-order valence-electron chi connectivity index (χ0n) is 16.3. The van der Waals surface area contributed by atoms with E-state index in [2.05, 4.69) is 22.2 Å². The topological polar surface area (TPSA) is 61.6 Å². The molecule has 3 N–H and O–H groups in total. The zero-order valence-corrected chi connectivity index (χ0v) is 18.8. The van der Waals surface area contributed by atoms with Gasteiger partial charge in [-0.25, -0.2) is 4.39 Å². The van der Waals surface area contributed by atoms with E-state index in [0.717, 1.165) is 37.4 Å². The first-order valence-corrected chi connectivity index (χ1v) is 8.48. The average molecular weight is 446 g/mol. The van der Waals surface area contributed by atoms with Gasteiger partial charge in [0.2, 0.25) is 5.91 Å². The smallest absolute Gasteiger partial charge is 0.227 e. The third-order valence-corrected chi connectivity index (χ3v) is 4.77. The number of nitrogens with zero attached hydrogens (tertiary/aromatic N) is 2. The Kier molecular flexibility index (Phi) is 12.5. The van der Waals surface area contributed by atoms with Crippen molar-refractivity contribution in [3.05, 3.63) is 29.6 Å². The van der Waals surface area contributed by atoms with Crippen molar-refractivity contribution in [3.63, 3.8) is 0 Å². The monoisotopic (exact) mass is 444 g/mol. The molecule has 0 bridgehead atoms. The fourth-order valence-electron chi connectivity index (χ4n) is 2.77. The first-order chi connectivity index (χ1) is 11.2. The quantitative estimate of drug-likeness (QED) is 0.731. The molecule has 1 saturated heterocycles. The lowest BCUT2D eigenvalue weighted by Gasteiger charge is -2.36. The molecule has 27 heavy (non-hydrogen) atoms. The lowest BCUT2D eigenvalue weighted by Crippen LogP contribution is -2.45. The van der Waals surface area contributed by atoms with Crippen LogP contribution in [-0.2, 0) is 4.79 Å². The van der Waals surface area contributed by atoms with E-state index < -0.39 is 5.41 Å². The Balaban J connectivity index is 0. The van der Waals surface area contributed by atoms with E-state index in [9.17, 15) is 9.18 Å². The fraction of sp³-hybridized carbons (Fsp3) is 0.611. The van der Waals surface area contributed by atoms with Gasteiger partial charge in [-0.1, -0.05) is 0 Å². The van der Waals surface area contributed by atoms with Crippen LogP contribution >= 0.6 is 37.2 Å². The molecular formula is C18H32Cl3FN4O. The molecule has 1 aromatic carbocycles. The van der Waals surface area contributed by atoms with E-state index in [1.165, 1.54) is 12.1 Å². The molecule has 1 fully saturated rings. The van der Waals surface area contributed by atoms with Gasteiger partial charge in [0.1, 0.15) is 5.82 Å². The molecule has 158 valence electrons. The Morgan fingerprint density at radius 1 is 1.22 bits per heavy atom. The summed E-state index contributed by atoms with van der Waals surface area (Å²) in [5, 5.41) is 2.98. The van der Waals surface area contributed by atoms with Gasteiger partial charge in [-0.05, 0) is 46.0 Å². The second kappa shape index (κ2) is 11.9. The number of hydrogen-bond donors (Lipinski definition) is 2. The Morgan fingerprint density at radius 3 is 2.30 bits per heavy atom. The van der Waals surface area contributed by atoms with Crippen molar-refractivity contribution in [1.82, 2.24) is 10.2 Å². The molecule has 0 aliphatic carbocycles. The molecule has 1 heterocycles. The number of halogens is 4. The van der Waals surface area contributed by atoms with Crippen molar-refractivity contribution in [1.29, 1.82) is 0 Å². The van der Waals surface area contributed by atoms with Crippen LogP contribution in [0.1, 0.15) is 32.4 Å². The predicted octanol–water partition coefficient (Wildman–Crippen LogP) is 3.01. The van der Waals surface area contributed by atoms with E-state index in [1.807, 2.05) is 26.8 Å². The van der Waals surface area contributed by atoms with Gasteiger partial charge in [-0.3, -0.25) is 4.79 Å². The summed E-state index contributed by atoms with van der Waals surface area (Å²) < 4.78 is 13.8. The molecule has 2 rings (SSSR count). The molecule has 0 saturated carbocycles. The first kappa shape index (κ1) is 28.4. The van der Waals surface area contributed by atoms with Crippen molar-refractivity contribution in [3.8, 4) is 0 Å². The van der Waals surface area contributed by atoms with Crippen molar-refractivity contribution in [2.75, 3.05) is 44.7 Å². The number of anilines is 1. The lowest BCUT2D eigenvalue weighted by atomic mass is 9.91. The number of piperazine rings is 1. The predicted molar refractivity (Wildman–Crippen MR) is 117 cm³/mol. The van der Waals surface area contributed by atoms with Gasteiger partial charge in [0.25, 0.3) is 0 Å². The highest BCUT2D eigenvalue weighted by molar-refractivity contribution is 5.86. The average Bonchev–Trinajstić information content (AvgIpc) is 2.55. The molecule has 1 aliphatic rings. The minimum absolute atomic E-state index is 0.